The SMILES string of the molecule is CC(NC(=O)c1ccc(-n2cncn2)cc1)c1ccc(C(F)(F)F)cc1. The number of rotatable bonds is 4. The van der Waals surface area contributed by atoms with Gasteiger partial charge in [-0.25, -0.2) is 9.67 Å². The summed E-state index contributed by atoms with van der Waals surface area (Å²) in [6.45, 7) is 1.71. The lowest BCUT2D eigenvalue weighted by molar-refractivity contribution is -0.137. The van der Waals surface area contributed by atoms with E-state index >= 15 is 0 Å². The largest absolute Gasteiger partial charge is 0.416 e. The zero-order chi connectivity index (χ0) is 18.7. The van der Waals surface area contributed by atoms with E-state index in [0.29, 0.717) is 11.1 Å². The van der Waals surface area contributed by atoms with Crippen LogP contribution in [0.5, 0.6) is 0 Å². The molecule has 0 fully saturated rings. The van der Waals surface area contributed by atoms with Gasteiger partial charge in [0.25, 0.3) is 5.91 Å². The first-order valence-electron chi connectivity index (χ1n) is 7.77. The van der Waals surface area contributed by atoms with Crippen LogP contribution >= 0.6 is 0 Å². The van der Waals surface area contributed by atoms with Crippen molar-refractivity contribution in [2.75, 3.05) is 0 Å². The molecule has 134 valence electrons. The van der Waals surface area contributed by atoms with Gasteiger partial charge in [-0.05, 0) is 48.9 Å². The van der Waals surface area contributed by atoms with Crippen LogP contribution in [0.3, 0.4) is 0 Å². The number of hydrogen-bond donors (Lipinski definition) is 1. The molecule has 0 aliphatic carbocycles. The molecule has 0 bridgehead atoms. The van der Waals surface area contributed by atoms with Gasteiger partial charge in [-0.15, -0.1) is 0 Å². The molecule has 1 atom stereocenters. The lowest BCUT2D eigenvalue weighted by Gasteiger charge is -2.15. The lowest BCUT2D eigenvalue weighted by atomic mass is 10.1. The molecule has 0 aliphatic rings. The minimum absolute atomic E-state index is 0.317. The van der Waals surface area contributed by atoms with E-state index in [2.05, 4.69) is 15.4 Å². The monoisotopic (exact) mass is 360 g/mol. The van der Waals surface area contributed by atoms with Crippen molar-refractivity contribution in [2.24, 2.45) is 0 Å². The van der Waals surface area contributed by atoms with E-state index in [1.165, 1.54) is 18.5 Å². The summed E-state index contributed by atoms with van der Waals surface area (Å²) in [5.41, 5.74) is 1.07. The molecule has 3 rings (SSSR count). The third-order valence-electron chi connectivity index (χ3n) is 3.90. The van der Waals surface area contributed by atoms with E-state index in [-0.39, 0.29) is 5.91 Å². The molecule has 1 N–H and O–H groups in total. The predicted octanol–water partition coefficient (Wildman–Crippen LogP) is 3.78. The van der Waals surface area contributed by atoms with Gasteiger partial charge in [0.05, 0.1) is 17.3 Å². The molecule has 8 heteroatoms. The number of hydrogen-bond acceptors (Lipinski definition) is 3. The molecule has 0 saturated carbocycles. The lowest BCUT2D eigenvalue weighted by Crippen LogP contribution is -2.26. The summed E-state index contributed by atoms with van der Waals surface area (Å²) in [6.07, 6.45) is -1.43. The zero-order valence-corrected chi connectivity index (χ0v) is 13.7. The Balaban J connectivity index is 1.67. The maximum Gasteiger partial charge on any atom is 0.416 e. The summed E-state index contributed by atoms with van der Waals surface area (Å²) in [4.78, 5) is 16.2. The Morgan fingerprint density at radius 1 is 1.08 bits per heavy atom. The van der Waals surface area contributed by atoms with Crippen LogP contribution in [0.25, 0.3) is 5.69 Å². The van der Waals surface area contributed by atoms with Crippen LogP contribution in [0, 0.1) is 0 Å². The molecule has 1 heterocycles. The number of benzene rings is 2. The van der Waals surface area contributed by atoms with Crippen molar-refractivity contribution in [1.82, 2.24) is 20.1 Å². The molecular formula is C18H15F3N4O. The number of aromatic nitrogens is 3. The van der Waals surface area contributed by atoms with Crippen molar-refractivity contribution in [2.45, 2.75) is 19.1 Å². The molecule has 3 aromatic rings. The number of halogens is 3. The van der Waals surface area contributed by atoms with Gasteiger partial charge >= 0.3 is 6.18 Å². The molecule has 0 aliphatic heterocycles. The summed E-state index contributed by atoms with van der Waals surface area (Å²) in [6, 6.07) is 11.1. The molecule has 26 heavy (non-hydrogen) atoms. The van der Waals surface area contributed by atoms with Crippen LogP contribution in [-0.2, 0) is 6.18 Å². The molecule has 0 saturated heterocycles. The number of nitrogens with zero attached hydrogens (tertiary/aromatic N) is 3. The molecule has 0 radical (unpaired) electrons. The van der Waals surface area contributed by atoms with Gasteiger partial charge in [0.1, 0.15) is 12.7 Å². The highest BCUT2D eigenvalue weighted by molar-refractivity contribution is 5.94. The minimum Gasteiger partial charge on any atom is -0.346 e. The Bertz CT molecular complexity index is 872. The molecule has 2 aromatic carbocycles. The van der Waals surface area contributed by atoms with Gasteiger partial charge in [-0.2, -0.15) is 18.3 Å². The highest BCUT2D eigenvalue weighted by atomic mass is 19.4. The molecule has 1 amide bonds. The van der Waals surface area contributed by atoms with E-state index in [0.717, 1.165) is 17.8 Å². The summed E-state index contributed by atoms with van der Waals surface area (Å²) in [5, 5.41) is 6.77. The van der Waals surface area contributed by atoms with Gasteiger partial charge in [0.2, 0.25) is 0 Å². The highest BCUT2D eigenvalue weighted by Crippen LogP contribution is 2.29. The fourth-order valence-corrected chi connectivity index (χ4v) is 2.43. The standard InChI is InChI=1S/C18H15F3N4O/c1-12(13-2-6-15(7-3-13)18(19,20)21)24-17(26)14-4-8-16(9-5-14)25-11-22-10-23-25/h2-12H,1H3,(H,24,26). The first kappa shape index (κ1) is 17.7. The summed E-state index contributed by atoms with van der Waals surface area (Å²) in [7, 11) is 0. The Morgan fingerprint density at radius 3 is 2.27 bits per heavy atom. The molecule has 0 spiro atoms. The summed E-state index contributed by atoms with van der Waals surface area (Å²) in [5.74, 6) is -0.317. The molecular weight excluding hydrogens is 345 g/mol. The number of amides is 1. The van der Waals surface area contributed by atoms with E-state index < -0.39 is 17.8 Å². The number of nitrogens with one attached hydrogen (secondary N) is 1. The van der Waals surface area contributed by atoms with Crippen LogP contribution in [0.2, 0.25) is 0 Å². The van der Waals surface area contributed by atoms with Crippen molar-refractivity contribution in [1.29, 1.82) is 0 Å². The van der Waals surface area contributed by atoms with Crippen LogP contribution in [0.4, 0.5) is 13.2 Å². The number of carbonyl (C=O) groups excluding carboxylic acids is 1. The van der Waals surface area contributed by atoms with Crippen LogP contribution in [0.15, 0.2) is 61.2 Å². The van der Waals surface area contributed by atoms with E-state index in [4.69, 9.17) is 0 Å². The summed E-state index contributed by atoms with van der Waals surface area (Å²) < 4.78 is 39.4. The first-order chi connectivity index (χ1) is 12.3. The minimum atomic E-state index is -4.38. The van der Waals surface area contributed by atoms with Crippen molar-refractivity contribution in [3.05, 3.63) is 77.9 Å². The smallest absolute Gasteiger partial charge is 0.346 e. The molecule has 5 nitrogen and oxygen atoms in total. The average molecular weight is 360 g/mol. The van der Waals surface area contributed by atoms with Crippen LogP contribution in [0.1, 0.15) is 34.5 Å². The molecule has 1 aromatic heterocycles. The Hall–Kier alpha value is -3.16. The fourth-order valence-electron chi connectivity index (χ4n) is 2.43. The first-order valence-corrected chi connectivity index (χ1v) is 7.77. The fraction of sp³-hybridized carbons (Fsp3) is 0.167. The van der Waals surface area contributed by atoms with E-state index in [1.807, 2.05) is 0 Å². The van der Waals surface area contributed by atoms with Crippen molar-refractivity contribution in [3.63, 3.8) is 0 Å². The van der Waals surface area contributed by atoms with Gasteiger partial charge in [0, 0.05) is 5.56 Å². The summed E-state index contributed by atoms with van der Waals surface area (Å²) >= 11 is 0. The third kappa shape index (κ3) is 3.90. The van der Waals surface area contributed by atoms with Crippen molar-refractivity contribution >= 4 is 5.91 Å². The van der Waals surface area contributed by atoms with Crippen LogP contribution < -0.4 is 5.32 Å². The second-order valence-corrected chi connectivity index (χ2v) is 5.70. The second kappa shape index (κ2) is 6.99. The highest BCUT2D eigenvalue weighted by Gasteiger charge is 2.30. The van der Waals surface area contributed by atoms with Crippen LogP contribution in [-0.4, -0.2) is 20.7 Å². The average Bonchev–Trinajstić information content (AvgIpc) is 3.16. The maximum atomic E-state index is 12.6. The second-order valence-electron chi connectivity index (χ2n) is 5.70. The van der Waals surface area contributed by atoms with Gasteiger partial charge in [-0.1, -0.05) is 12.1 Å². The Labute approximate surface area is 147 Å². The van der Waals surface area contributed by atoms with Crippen molar-refractivity contribution < 1.29 is 18.0 Å². The quantitative estimate of drug-likeness (QED) is 0.770. The number of carbonyl (C=O) groups is 1. The zero-order valence-electron chi connectivity index (χ0n) is 13.7. The maximum absolute atomic E-state index is 12.6. The van der Waals surface area contributed by atoms with Gasteiger partial charge < -0.3 is 5.32 Å². The topological polar surface area (TPSA) is 59.8 Å². The normalized spacial score (nSPS) is 12.6. The van der Waals surface area contributed by atoms with E-state index in [9.17, 15) is 18.0 Å². The Morgan fingerprint density at radius 2 is 1.73 bits per heavy atom. The Kier molecular flexibility index (Phi) is 4.75. The third-order valence-corrected chi connectivity index (χ3v) is 3.90. The van der Waals surface area contributed by atoms with Crippen molar-refractivity contribution in [3.8, 4) is 5.69 Å². The molecule has 1 unspecified atom stereocenters. The van der Waals surface area contributed by atoms with E-state index in [1.54, 1.807) is 42.2 Å². The predicted molar refractivity (Wildman–Crippen MR) is 88.7 cm³/mol. The number of alkyl halides is 3. The van der Waals surface area contributed by atoms with Gasteiger partial charge in [0.15, 0.2) is 0 Å². The van der Waals surface area contributed by atoms with Gasteiger partial charge in [-0.3, -0.25) is 4.79 Å².